The fourth-order valence-electron chi connectivity index (χ4n) is 4.08. The van der Waals surface area contributed by atoms with E-state index in [-0.39, 0.29) is 16.8 Å². The molecule has 4 aromatic rings. The van der Waals surface area contributed by atoms with Crippen LogP contribution >= 0.6 is 11.6 Å². The van der Waals surface area contributed by atoms with Crippen LogP contribution in [0.15, 0.2) is 79.1 Å². The van der Waals surface area contributed by atoms with E-state index in [1.165, 1.54) is 4.68 Å². The minimum atomic E-state index is -0.571. The average molecular weight is 471 g/mol. The average Bonchev–Trinajstić information content (AvgIpc) is 3.25. The fourth-order valence-corrected chi connectivity index (χ4v) is 4.21. The Bertz CT molecular complexity index is 1470. The second-order valence-electron chi connectivity index (χ2n) is 7.94. The Balaban J connectivity index is 1.73. The summed E-state index contributed by atoms with van der Waals surface area (Å²) in [6, 6.07) is 19.1. The van der Waals surface area contributed by atoms with Crippen molar-refractivity contribution in [3.8, 4) is 11.6 Å². The second-order valence-corrected chi connectivity index (χ2v) is 8.38. The zero-order valence-corrected chi connectivity index (χ0v) is 19.2. The standard InChI is InChI=1S/C26H19ClN4O3/c1-16-7-6-8-20(15-16)30-24(32)22(23(26(30)34)29-13-4-3-5-14-29)21-17(2)28-31(25(21)33)19-11-9-18(27)10-12-19/h3-15H,1-2H3. The van der Waals surface area contributed by atoms with Gasteiger partial charge in [-0.05, 0) is 61.7 Å². The number of amides is 2. The van der Waals surface area contributed by atoms with Gasteiger partial charge in [0.25, 0.3) is 11.6 Å². The summed E-state index contributed by atoms with van der Waals surface area (Å²) in [5.41, 5.74) is 2.40. The highest BCUT2D eigenvalue weighted by molar-refractivity contribution is 6.53. The van der Waals surface area contributed by atoms with Crippen molar-refractivity contribution in [3.05, 3.63) is 101 Å². The van der Waals surface area contributed by atoms with Crippen LogP contribution in [0.4, 0.5) is 5.69 Å². The van der Waals surface area contributed by atoms with E-state index in [9.17, 15) is 14.7 Å². The number of halogens is 1. The molecule has 0 saturated carbocycles. The SMILES string of the molecule is Cc1cccc(N2C(=O)C(c3c(C)nn(-c4ccc(Cl)cc4)c3[O-])=C([n+]3ccccc3)C2=O)c1. The lowest BCUT2D eigenvalue weighted by atomic mass is 10.0. The molecule has 3 heterocycles. The predicted molar refractivity (Wildman–Crippen MR) is 126 cm³/mol. The van der Waals surface area contributed by atoms with E-state index in [4.69, 9.17) is 11.6 Å². The Morgan fingerprint density at radius 2 is 1.59 bits per heavy atom. The lowest BCUT2D eigenvalue weighted by Gasteiger charge is -2.16. The van der Waals surface area contributed by atoms with Crippen LogP contribution in [0.5, 0.6) is 5.88 Å². The number of hydrogen-bond donors (Lipinski definition) is 0. The van der Waals surface area contributed by atoms with Gasteiger partial charge in [0.15, 0.2) is 12.4 Å². The lowest BCUT2D eigenvalue weighted by Crippen LogP contribution is -2.39. The van der Waals surface area contributed by atoms with Gasteiger partial charge in [-0.2, -0.15) is 9.67 Å². The number of pyridine rings is 1. The minimum Gasteiger partial charge on any atom is -0.858 e. The Labute approximate surface area is 200 Å². The fraction of sp³-hybridized carbons (Fsp3) is 0.0769. The van der Waals surface area contributed by atoms with Crippen LogP contribution < -0.4 is 14.6 Å². The maximum absolute atomic E-state index is 13.7. The Morgan fingerprint density at radius 1 is 0.882 bits per heavy atom. The first-order chi connectivity index (χ1) is 16.4. The van der Waals surface area contributed by atoms with Crippen molar-refractivity contribution in [2.45, 2.75) is 13.8 Å². The Hall–Kier alpha value is -4.23. The van der Waals surface area contributed by atoms with Crippen molar-refractivity contribution in [2.75, 3.05) is 4.90 Å². The van der Waals surface area contributed by atoms with E-state index in [1.54, 1.807) is 84.5 Å². The van der Waals surface area contributed by atoms with E-state index in [0.717, 1.165) is 10.5 Å². The molecular weight excluding hydrogens is 452 g/mol. The van der Waals surface area contributed by atoms with E-state index < -0.39 is 17.7 Å². The van der Waals surface area contributed by atoms with Crippen molar-refractivity contribution < 1.29 is 19.3 Å². The van der Waals surface area contributed by atoms with Crippen molar-refractivity contribution in [2.24, 2.45) is 0 Å². The lowest BCUT2D eigenvalue weighted by molar-refractivity contribution is -0.576. The monoisotopic (exact) mass is 470 g/mol. The van der Waals surface area contributed by atoms with Crippen LogP contribution in [0, 0.1) is 13.8 Å². The second kappa shape index (κ2) is 8.28. The summed E-state index contributed by atoms with van der Waals surface area (Å²) in [5.74, 6) is -1.58. The van der Waals surface area contributed by atoms with Gasteiger partial charge in [-0.1, -0.05) is 29.8 Å². The smallest absolute Gasteiger partial charge is 0.331 e. The first-order valence-electron chi connectivity index (χ1n) is 10.6. The third-order valence-corrected chi connectivity index (χ3v) is 5.88. The summed E-state index contributed by atoms with van der Waals surface area (Å²) in [6.07, 6.45) is 3.34. The summed E-state index contributed by atoms with van der Waals surface area (Å²) in [6.45, 7) is 3.53. The maximum Gasteiger partial charge on any atom is 0.331 e. The molecule has 0 bridgehead atoms. The van der Waals surface area contributed by atoms with Crippen molar-refractivity contribution >= 4 is 40.4 Å². The van der Waals surface area contributed by atoms with Gasteiger partial charge < -0.3 is 5.11 Å². The van der Waals surface area contributed by atoms with Gasteiger partial charge in [0, 0.05) is 22.7 Å². The number of nitrogens with zero attached hydrogens (tertiary/aromatic N) is 4. The van der Waals surface area contributed by atoms with Crippen molar-refractivity contribution in [1.29, 1.82) is 0 Å². The van der Waals surface area contributed by atoms with E-state index in [0.29, 0.717) is 22.1 Å². The number of imide groups is 1. The molecule has 0 radical (unpaired) electrons. The van der Waals surface area contributed by atoms with Gasteiger partial charge >= 0.3 is 5.91 Å². The van der Waals surface area contributed by atoms with E-state index in [1.807, 2.05) is 13.0 Å². The summed E-state index contributed by atoms with van der Waals surface area (Å²) in [4.78, 5) is 28.5. The normalized spacial score (nSPS) is 13.8. The number of aromatic nitrogens is 3. The van der Waals surface area contributed by atoms with Crippen molar-refractivity contribution in [1.82, 2.24) is 9.78 Å². The molecule has 2 aromatic heterocycles. The maximum atomic E-state index is 13.7. The molecule has 2 aromatic carbocycles. The number of aryl methyl sites for hydroxylation is 2. The molecular formula is C26H19ClN4O3. The van der Waals surface area contributed by atoms with Crippen LogP contribution in [0.2, 0.25) is 5.02 Å². The van der Waals surface area contributed by atoms with Crippen molar-refractivity contribution in [3.63, 3.8) is 0 Å². The molecule has 0 fully saturated rings. The Morgan fingerprint density at radius 3 is 2.26 bits per heavy atom. The molecule has 168 valence electrons. The van der Waals surface area contributed by atoms with Crippen LogP contribution in [0.25, 0.3) is 17.0 Å². The largest absolute Gasteiger partial charge is 0.858 e. The van der Waals surface area contributed by atoms with Gasteiger partial charge in [-0.3, -0.25) is 9.59 Å². The molecule has 0 atom stereocenters. The van der Waals surface area contributed by atoms with Crippen LogP contribution in [-0.2, 0) is 9.59 Å². The molecule has 34 heavy (non-hydrogen) atoms. The quantitative estimate of drug-likeness (QED) is 0.338. The Kier molecular flexibility index (Phi) is 5.26. The minimum absolute atomic E-state index is 0.0189. The molecule has 2 amide bonds. The summed E-state index contributed by atoms with van der Waals surface area (Å²) < 4.78 is 2.78. The first-order valence-corrected chi connectivity index (χ1v) is 10.9. The highest BCUT2D eigenvalue weighted by Gasteiger charge is 2.47. The van der Waals surface area contributed by atoms with Gasteiger partial charge in [0.05, 0.1) is 17.1 Å². The topological polar surface area (TPSA) is 82.1 Å². The molecule has 1 aliphatic rings. The molecule has 1 aliphatic heterocycles. The third kappa shape index (κ3) is 3.47. The third-order valence-electron chi connectivity index (χ3n) is 5.63. The number of rotatable bonds is 4. The van der Waals surface area contributed by atoms with Gasteiger partial charge in [-0.25, -0.2) is 9.58 Å². The first kappa shape index (κ1) is 21.6. The number of hydrogen-bond acceptors (Lipinski definition) is 4. The molecule has 5 rings (SSSR count). The molecule has 0 unspecified atom stereocenters. The van der Waals surface area contributed by atoms with Gasteiger partial charge in [0.1, 0.15) is 5.57 Å². The molecule has 8 heteroatoms. The molecule has 7 nitrogen and oxygen atoms in total. The number of carbonyl (C=O) groups is 2. The van der Waals surface area contributed by atoms with E-state index in [2.05, 4.69) is 5.10 Å². The van der Waals surface area contributed by atoms with Crippen LogP contribution in [0.1, 0.15) is 16.8 Å². The zero-order chi connectivity index (χ0) is 24.0. The number of benzene rings is 2. The highest BCUT2D eigenvalue weighted by Crippen LogP contribution is 2.38. The van der Waals surface area contributed by atoms with Gasteiger partial charge in [-0.15, -0.1) is 0 Å². The van der Waals surface area contributed by atoms with Crippen LogP contribution in [-0.4, -0.2) is 21.6 Å². The summed E-state index contributed by atoms with van der Waals surface area (Å²) in [5, 5.41) is 18.4. The number of anilines is 1. The molecule has 0 N–H and O–H groups in total. The summed E-state index contributed by atoms with van der Waals surface area (Å²) >= 11 is 5.98. The molecule has 0 saturated heterocycles. The zero-order valence-electron chi connectivity index (χ0n) is 18.4. The molecule has 0 aliphatic carbocycles. The molecule has 0 spiro atoms. The summed E-state index contributed by atoms with van der Waals surface area (Å²) in [7, 11) is 0. The van der Waals surface area contributed by atoms with E-state index >= 15 is 0 Å². The number of carbonyl (C=O) groups excluding carboxylic acids is 2. The van der Waals surface area contributed by atoms with Crippen LogP contribution in [0.3, 0.4) is 0 Å². The highest BCUT2D eigenvalue weighted by atomic mass is 35.5. The van der Waals surface area contributed by atoms with Gasteiger partial charge in [0.2, 0.25) is 0 Å². The predicted octanol–water partition coefficient (Wildman–Crippen LogP) is 3.45.